The van der Waals surface area contributed by atoms with E-state index >= 15 is 0 Å². The second-order valence-electron chi connectivity index (χ2n) is 8.31. The van der Waals surface area contributed by atoms with E-state index in [-0.39, 0.29) is 11.8 Å². The Bertz CT molecular complexity index is 1100. The normalized spacial score (nSPS) is 15.9. The monoisotopic (exact) mass is 465 g/mol. The fourth-order valence-corrected chi connectivity index (χ4v) is 6.86. The Labute approximate surface area is 196 Å². The minimum Gasteiger partial charge on any atom is -0.348 e. The molecule has 0 atom stereocenters. The van der Waals surface area contributed by atoms with Gasteiger partial charge in [0, 0.05) is 48.2 Å². The summed E-state index contributed by atoms with van der Waals surface area (Å²) in [6.45, 7) is 2.15. The van der Waals surface area contributed by atoms with Gasteiger partial charge in [-0.15, -0.1) is 11.3 Å². The van der Waals surface area contributed by atoms with E-state index in [2.05, 4.69) is 5.32 Å². The number of fused-ring (bicyclic) bond motifs is 1. The summed E-state index contributed by atoms with van der Waals surface area (Å²) < 4.78 is 2.05. The number of nitrogens with one attached hydrogen (secondary N) is 1. The zero-order valence-electron chi connectivity index (χ0n) is 18.0. The number of carbonyl (C=O) groups is 2. The average Bonchev–Trinajstić information content (AvgIpc) is 3.51. The van der Waals surface area contributed by atoms with Crippen LogP contribution in [-0.4, -0.2) is 40.1 Å². The lowest BCUT2D eigenvalue weighted by atomic mass is 10.1. The van der Waals surface area contributed by atoms with Gasteiger partial charge in [-0.1, -0.05) is 12.1 Å². The Hall–Kier alpha value is -2.51. The first kappa shape index (κ1) is 21.3. The van der Waals surface area contributed by atoms with E-state index in [1.807, 2.05) is 70.0 Å². The van der Waals surface area contributed by atoms with E-state index in [4.69, 9.17) is 0 Å². The number of thiophene rings is 1. The van der Waals surface area contributed by atoms with Gasteiger partial charge in [-0.3, -0.25) is 9.59 Å². The highest BCUT2D eigenvalue weighted by molar-refractivity contribution is 7.98. The Morgan fingerprint density at radius 3 is 2.50 bits per heavy atom. The van der Waals surface area contributed by atoms with Crippen LogP contribution in [0.2, 0.25) is 0 Å². The number of rotatable bonds is 5. The summed E-state index contributed by atoms with van der Waals surface area (Å²) in [5.41, 5.74) is 3.74. The Morgan fingerprint density at radius 1 is 1.00 bits per heavy atom. The van der Waals surface area contributed by atoms with Crippen molar-refractivity contribution in [2.75, 3.05) is 18.8 Å². The number of thioether (sulfide) groups is 1. The number of nitrogens with zero attached hydrogens (tertiary/aromatic N) is 2. The van der Waals surface area contributed by atoms with Gasteiger partial charge in [-0.2, -0.15) is 11.8 Å². The van der Waals surface area contributed by atoms with Crippen molar-refractivity contribution in [1.29, 1.82) is 0 Å². The van der Waals surface area contributed by atoms with Crippen LogP contribution in [0.25, 0.3) is 5.00 Å². The summed E-state index contributed by atoms with van der Waals surface area (Å²) in [6, 6.07) is 11.6. The van der Waals surface area contributed by atoms with Crippen molar-refractivity contribution in [2.24, 2.45) is 0 Å². The van der Waals surface area contributed by atoms with Crippen molar-refractivity contribution in [3.8, 4) is 5.00 Å². The highest BCUT2D eigenvalue weighted by atomic mass is 32.2. The van der Waals surface area contributed by atoms with Crippen molar-refractivity contribution < 1.29 is 9.59 Å². The van der Waals surface area contributed by atoms with Crippen LogP contribution in [0.1, 0.15) is 56.0 Å². The van der Waals surface area contributed by atoms with Gasteiger partial charge in [0.15, 0.2) is 0 Å². The summed E-state index contributed by atoms with van der Waals surface area (Å²) in [6.07, 6.45) is 8.32. The number of benzene rings is 1. The van der Waals surface area contributed by atoms with Crippen LogP contribution < -0.4 is 5.32 Å². The second-order valence-corrected chi connectivity index (χ2v) is 10.5. The maximum atomic E-state index is 13.3. The van der Waals surface area contributed by atoms with Gasteiger partial charge in [0.1, 0.15) is 5.00 Å². The molecule has 2 aliphatic heterocycles. The minimum absolute atomic E-state index is 0.0217. The molecule has 0 spiro atoms. The smallest absolute Gasteiger partial charge is 0.254 e. The van der Waals surface area contributed by atoms with Crippen LogP contribution in [0.15, 0.2) is 48.8 Å². The first-order valence-electron chi connectivity index (χ1n) is 11.2. The third-order valence-corrected chi connectivity index (χ3v) is 8.58. The Kier molecular flexibility index (Phi) is 6.37. The molecule has 1 aromatic carbocycles. The van der Waals surface area contributed by atoms with Crippen molar-refractivity contribution in [1.82, 2.24) is 14.8 Å². The van der Waals surface area contributed by atoms with Crippen LogP contribution in [-0.2, 0) is 18.7 Å². The third-order valence-electron chi connectivity index (χ3n) is 6.16. The molecule has 2 aromatic heterocycles. The fraction of sp³-hybridized carbons (Fsp3) is 0.360. The molecule has 7 heteroatoms. The number of amides is 2. The van der Waals surface area contributed by atoms with Gasteiger partial charge in [-0.25, -0.2) is 0 Å². The zero-order valence-corrected chi connectivity index (χ0v) is 19.6. The zero-order chi connectivity index (χ0) is 21.9. The molecule has 5 rings (SSSR count). The average molecular weight is 466 g/mol. The van der Waals surface area contributed by atoms with Crippen LogP contribution in [0.5, 0.6) is 0 Å². The largest absolute Gasteiger partial charge is 0.348 e. The van der Waals surface area contributed by atoms with Crippen LogP contribution in [0.3, 0.4) is 0 Å². The minimum atomic E-state index is -0.0217. The van der Waals surface area contributed by atoms with Crippen LogP contribution >= 0.6 is 23.1 Å². The molecule has 1 saturated heterocycles. The molecule has 0 saturated carbocycles. The third kappa shape index (κ3) is 4.36. The highest BCUT2D eigenvalue weighted by Gasteiger charge is 2.26. The number of hydrogen-bond donors (Lipinski definition) is 1. The molecule has 1 N–H and O–H groups in total. The summed E-state index contributed by atoms with van der Waals surface area (Å²) in [7, 11) is 0. The molecule has 0 aliphatic carbocycles. The Balaban J connectivity index is 1.29. The summed E-state index contributed by atoms with van der Waals surface area (Å²) in [5, 5.41) is 4.12. The molecule has 3 aromatic rings. The molecule has 4 heterocycles. The lowest BCUT2D eigenvalue weighted by molar-refractivity contribution is 0.0724. The summed E-state index contributed by atoms with van der Waals surface area (Å²) in [4.78, 5) is 29.2. The highest BCUT2D eigenvalue weighted by Crippen LogP contribution is 2.38. The van der Waals surface area contributed by atoms with Crippen molar-refractivity contribution in [3.05, 3.63) is 75.9 Å². The van der Waals surface area contributed by atoms with Gasteiger partial charge in [0.05, 0.1) is 5.56 Å². The lowest BCUT2D eigenvalue weighted by Crippen LogP contribution is -2.35. The standard InChI is InChI=1S/C25H27N3O2S2/c29-23(22-20-10-15-31-17-21(20)32-25(22)28-13-4-5-14-28)26-16-18-6-8-19(9-7-18)24(30)27-11-2-1-3-12-27/h4-9,13-14H,1-3,10-12,15-17H2,(H,26,29). The maximum Gasteiger partial charge on any atom is 0.254 e. The van der Waals surface area contributed by atoms with E-state index in [1.54, 1.807) is 11.3 Å². The SMILES string of the molecule is O=C(NCc1ccc(C(=O)N2CCCCC2)cc1)c1c(-n2cccc2)sc2c1CCSC2. The van der Waals surface area contributed by atoms with Gasteiger partial charge in [-0.05, 0) is 66.8 Å². The molecular weight excluding hydrogens is 438 g/mol. The number of hydrogen-bond acceptors (Lipinski definition) is 4. The molecule has 2 aliphatic rings. The van der Waals surface area contributed by atoms with Crippen molar-refractivity contribution >= 4 is 34.9 Å². The van der Waals surface area contributed by atoms with Gasteiger partial charge >= 0.3 is 0 Å². The molecule has 0 bridgehead atoms. The van der Waals surface area contributed by atoms with E-state index in [1.165, 1.54) is 16.9 Å². The second kappa shape index (κ2) is 9.55. The van der Waals surface area contributed by atoms with Crippen molar-refractivity contribution in [3.63, 3.8) is 0 Å². The molecule has 1 fully saturated rings. The predicted octanol–water partition coefficient (Wildman–Crippen LogP) is 4.88. The summed E-state index contributed by atoms with van der Waals surface area (Å²) >= 11 is 3.66. The van der Waals surface area contributed by atoms with Gasteiger partial charge in [0.25, 0.3) is 11.8 Å². The number of likely N-dealkylation sites (tertiary alicyclic amines) is 1. The molecule has 0 unspecified atom stereocenters. The van der Waals surface area contributed by atoms with Gasteiger partial charge < -0.3 is 14.8 Å². The topological polar surface area (TPSA) is 54.3 Å². The van der Waals surface area contributed by atoms with Crippen LogP contribution in [0.4, 0.5) is 0 Å². The number of carbonyl (C=O) groups excluding carboxylic acids is 2. The molecule has 0 radical (unpaired) electrons. The summed E-state index contributed by atoms with van der Waals surface area (Å²) in [5.74, 6) is 2.13. The first-order chi connectivity index (χ1) is 15.7. The van der Waals surface area contributed by atoms with E-state index < -0.39 is 0 Å². The van der Waals surface area contributed by atoms with E-state index in [0.717, 1.165) is 65.5 Å². The Morgan fingerprint density at radius 2 is 1.75 bits per heavy atom. The fourth-order valence-electron chi connectivity index (χ4n) is 4.42. The van der Waals surface area contributed by atoms with Crippen molar-refractivity contribution in [2.45, 2.75) is 38.0 Å². The lowest BCUT2D eigenvalue weighted by Gasteiger charge is -2.26. The number of piperidine rings is 1. The molecule has 166 valence electrons. The number of aromatic nitrogens is 1. The van der Waals surface area contributed by atoms with Gasteiger partial charge in [0.2, 0.25) is 0 Å². The first-order valence-corrected chi connectivity index (χ1v) is 13.2. The molecule has 2 amide bonds. The van der Waals surface area contributed by atoms with E-state index in [0.29, 0.717) is 6.54 Å². The molecule has 5 nitrogen and oxygen atoms in total. The quantitative estimate of drug-likeness (QED) is 0.584. The van der Waals surface area contributed by atoms with Crippen LogP contribution in [0, 0.1) is 0 Å². The van der Waals surface area contributed by atoms with E-state index in [9.17, 15) is 9.59 Å². The maximum absolute atomic E-state index is 13.3. The predicted molar refractivity (Wildman–Crippen MR) is 131 cm³/mol. The molecule has 32 heavy (non-hydrogen) atoms. The molecular formula is C25H27N3O2S2.